The molecule has 1 aliphatic heterocycles. The Morgan fingerprint density at radius 2 is 1.86 bits per heavy atom. The van der Waals surface area contributed by atoms with Gasteiger partial charge in [0, 0.05) is 19.6 Å². The number of morpholine rings is 1. The Labute approximate surface area is 123 Å². The van der Waals surface area contributed by atoms with E-state index in [1.165, 1.54) is 4.31 Å². The van der Waals surface area contributed by atoms with Gasteiger partial charge in [0.25, 0.3) is 10.2 Å². The SMILES string of the molecule is O=C(O)Cc1ccccc1CNS(=O)(=O)N1CCOCC1. The van der Waals surface area contributed by atoms with E-state index in [4.69, 9.17) is 9.84 Å². The van der Waals surface area contributed by atoms with Crippen LogP contribution >= 0.6 is 0 Å². The van der Waals surface area contributed by atoms with E-state index < -0.39 is 16.2 Å². The molecule has 1 heterocycles. The molecule has 2 N–H and O–H groups in total. The first kappa shape index (κ1) is 15.9. The van der Waals surface area contributed by atoms with Crippen molar-refractivity contribution in [2.24, 2.45) is 0 Å². The maximum Gasteiger partial charge on any atom is 0.307 e. The number of benzene rings is 1. The molecule has 0 amide bonds. The van der Waals surface area contributed by atoms with Crippen LogP contribution < -0.4 is 4.72 Å². The molecule has 21 heavy (non-hydrogen) atoms. The number of hydrogen-bond acceptors (Lipinski definition) is 4. The van der Waals surface area contributed by atoms with Gasteiger partial charge < -0.3 is 9.84 Å². The van der Waals surface area contributed by atoms with E-state index in [0.29, 0.717) is 37.4 Å². The van der Waals surface area contributed by atoms with Crippen molar-refractivity contribution in [2.75, 3.05) is 26.3 Å². The maximum absolute atomic E-state index is 12.1. The number of ether oxygens (including phenoxy) is 1. The summed E-state index contributed by atoms with van der Waals surface area (Å²) in [5.41, 5.74) is 1.27. The van der Waals surface area contributed by atoms with Gasteiger partial charge in [0.05, 0.1) is 19.6 Å². The topological polar surface area (TPSA) is 95.9 Å². The predicted molar refractivity (Wildman–Crippen MR) is 75.9 cm³/mol. The zero-order valence-electron chi connectivity index (χ0n) is 11.5. The third kappa shape index (κ3) is 4.50. The number of carboxylic acids is 1. The van der Waals surface area contributed by atoms with Gasteiger partial charge in [0.15, 0.2) is 0 Å². The predicted octanol–water partition coefficient (Wildman–Crippen LogP) is -0.0197. The highest BCUT2D eigenvalue weighted by Gasteiger charge is 2.23. The zero-order valence-corrected chi connectivity index (χ0v) is 12.3. The van der Waals surface area contributed by atoms with E-state index in [0.717, 1.165) is 0 Å². The molecule has 116 valence electrons. The van der Waals surface area contributed by atoms with Crippen LogP contribution in [0.5, 0.6) is 0 Å². The van der Waals surface area contributed by atoms with E-state index in [1.54, 1.807) is 24.3 Å². The van der Waals surface area contributed by atoms with Gasteiger partial charge >= 0.3 is 5.97 Å². The van der Waals surface area contributed by atoms with Crippen LogP contribution in [0.25, 0.3) is 0 Å². The Kier molecular flexibility index (Phi) is 5.29. The lowest BCUT2D eigenvalue weighted by molar-refractivity contribution is -0.136. The van der Waals surface area contributed by atoms with Crippen molar-refractivity contribution in [1.29, 1.82) is 0 Å². The number of rotatable bonds is 6. The summed E-state index contributed by atoms with van der Waals surface area (Å²) in [5.74, 6) is -0.946. The third-order valence-electron chi connectivity index (χ3n) is 3.22. The van der Waals surface area contributed by atoms with Crippen LogP contribution in [-0.2, 0) is 32.7 Å². The third-order valence-corrected chi connectivity index (χ3v) is 4.77. The highest BCUT2D eigenvalue weighted by atomic mass is 32.2. The largest absolute Gasteiger partial charge is 0.481 e. The first-order valence-corrected chi connectivity index (χ1v) is 8.04. The molecule has 2 rings (SSSR count). The minimum Gasteiger partial charge on any atom is -0.481 e. The fourth-order valence-electron chi connectivity index (χ4n) is 2.11. The van der Waals surface area contributed by atoms with Crippen molar-refractivity contribution in [3.8, 4) is 0 Å². The molecule has 0 radical (unpaired) electrons. The molecule has 1 saturated heterocycles. The van der Waals surface area contributed by atoms with Gasteiger partial charge in [0.2, 0.25) is 0 Å². The van der Waals surface area contributed by atoms with Crippen LogP contribution in [0.4, 0.5) is 0 Å². The highest BCUT2D eigenvalue weighted by molar-refractivity contribution is 7.87. The summed E-state index contributed by atoms with van der Waals surface area (Å²) in [7, 11) is -3.57. The zero-order chi connectivity index (χ0) is 15.3. The fourth-order valence-corrected chi connectivity index (χ4v) is 3.26. The number of carbonyl (C=O) groups is 1. The standard InChI is InChI=1S/C13H18N2O5S/c16-13(17)9-11-3-1-2-4-12(11)10-14-21(18,19)15-5-7-20-8-6-15/h1-4,14H,5-10H2,(H,16,17). The van der Waals surface area contributed by atoms with E-state index >= 15 is 0 Å². The molecule has 1 aromatic rings. The number of hydrogen-bond donors (Lipinski definition) is 2. The number of nitrogens with zero attached hydrogens (tertiary/aromatic N) is 1. The van der Waals surface area contributed by atoms with E-state index in [1.807, 2.05) is 0 Å². The Morgan fingerprint density at radius 1 is 1.24 bits per heavy atom. The second kappa shape index (κ2) is 6.99. The molecule has 0 spiro atoms. The van der Waals surface area contributed by atoms with E-state index in [9.17, 15) is 13.2 Å². The summed E-state index contributed by atoms with van der Waals surface area (Å²) in [6.07, 6.45) is -0.130. The minimum absolute atomic E-state index is 0.0726. The van der Waals surface area contributed by atoms with E-state index in [2.05, 4.69) is 4.72 Å². The molecule has 0 aromatic heterocycles. The molecule has 8 heteroatoms. The molecule has 0 saturated carbocycles. The van der Waals surface area contributed by atoms with Gasteiger partial charge in [-0.3, -0.25) is 4.79 Å². The van der Waals surface area contributed by atoms with Crippen LogP contribution in [0.1, 0.15) is 11.1 Å². The quantitative estimate of drug-likeness (QED) is 0.769. The molecule has 0 bridgehead atoms. The van der Waals surface area contributed by atoms with E-state index in [-0.39, 0.29) is 13.0 Å². The van der Waals surface area contributed by atoms with Gasteiger partial charge in [-0.25, -0.2) is 0 Å². The van der Waals surface area contributed by atoms with Crippen LogP contribution in [0, 0.1) is 0 Å². The Bertz CT molecular complexity index is 596. The Hall–Kier alpha value is -1.48. The van der Waals surface area contributed by atoms with Crippen molar-refractivity contribution in [3.05, 3.63) is 35.4 Å². The van der Waals surface area contributed by atoms with Gasteiger partial charge in [-0.1, -0.05) is 24.3 Å². The first-order chi connectivity index (χ1) is 9.99. The average molecular weight is 314 g/mol. The number of aliphatic carboxylic acids is 1. The smallest absolute Gasteiger partial charge is 0.307 e. The lowest BCUT2D eigenvalue weighted by atomic mass is 10.1. The summed E-state index contributed by atoms with van der Waals surface area (Å²) in [6.45, 7) is 1.49. The van der Waals surface area contributed by atoms with Crippen molar-refractivity contribution in [1.82, 2.24) is 9.03 Å². The fraction of sp³-hybridized carbons (Fsp3) is 0.462. The summed E-state index contributed by atoms with van der Waals surface area (Å²) >= 11 is 0. The molecule has 0 aliphatic carbocycles. The molecular formula is C13H18N2O5S. The summed E-state index contributed by atoms with van der Waals surface area (Å²) < 4.78 is 33.2. The molecule has 1 aromatic carbocycles. The second-order valence-corrected chi connectivity index (χ2v) is 6.43. The summed E-state index contributed by atoms with van der Waals surface area (Å²) in [4.78, 5) is 10.8. The summed E-state index contributed by atoms with van der Waals surface area (Å²) in [5, 5.41) is 8.86. The minimum atomic E-state index is -3.57. The van der Waals surface area contributed by atoms with Crippen LogP contribution in [0.3, 0.4) is 0 Å². The van der Waals surface area contributed by atoms with Crippen molar-refractivity contribution in [3.63, 3.8) is 0 Å². The summed E-state index contributed by atoms with van der Waals surface area (Å²) in [6, 6.07) is 6.90. The van der Waals surface area contributed by atoms with Crippen molar-refractivity contribution >= 4 is 16.2 Å². The van der Waals surface area contributed by atoms with Gasteiger partial charge in [0.1, 0.15) is 0 Å². The van der Waals surface area contributed by atoms with Crippen LogP contribution in [-0.4, -0.2) is 50.1 Å². The lowest BCUT2D eigenvalue weighted by Crippen LogP contribution is -2.46. The lowest BCUT2D eigenvalue weighted by Gasteiger charge is -2.26. The molecule has 1 fully saturated rings. The highest BCUT2D eigenvalue weighted by Crippen LogP contribution is 2.11. The van der Waals surface area contributed by atoms with Crippen LogP contribution in [0.15, 0.2) is 24.3 Å². The Balaban J connectivity index is 2.03. The maximum atomic E-state index is 12.1. The molecule has 0 unspecified atom stereocenters. The first-order valence-electron chi connectivity index (χ1n) is 6.60. The Morgan fingerprint density at radius 3 is 2.48 bits per heavy atom. The average Bonchev–Trinajstić information content (AvgIpc) is 2.47. The molecule has 1 aliphatic rings. The van der Waals surface area contributed by atoms with Gasteiger partial charge in [-0.15, -0.1) is 0 Å². The van der Waals surface area contributed by atoms with Gasteiger partial charge in [-0.2, -0.15) is 17.4 Å². The second-order valence-electron chi connectivity index (χ2n) is 4.68. The van der Waals surface area contributed by atoms with Crippen molar-refractivity contribution in [2.45, 2.75) is 13.0 Å². The monoisotopic (exact) mass is 314 g/mol. The van der Waals surface area contributed by atoms with Crippen molar-refractivity contribution < 1.29 is 23.1 Å². The van der Waals surface area contributed by atoms with Crippen LogP contribution in [0.2, 0.25) is 0 Å². The number of carboxylic acid groups (broad SMARTS) is 1. The molecule has 0 atom stereocenters. The molecular weight excluding hydrogens is 296 g/mol. The van der Waals surface area contributed by atoms with Gasteiger partial charge in [-0.05, 0) is 11.1 Å². The molecule has 7 nitrogen and oxygen atoms in total. The normalized spacial score (nSPS) is 16.8. The number of nitrogens with one attached hydrogen (secondary N) is 1.